The van der Waals surface area contributed by atoms with Gasteiger partial charge in [-0.05, 0) is 44.2 Å². The van der Waals surface area contributed by atoms with Gasteiger partial charge in [0.15, 0.2) is 6.10 Å². The van der Waals surface area contributed by atoms with E-state index in [9.17, 15) is 9.59 Å². The number of para-hydroxylation sites is 1. The van der Waals surface area contributed by atoms with Gasteiger partial charge >= 0.3 is 5.97 Å². The SMILES string of the molecule is COc1ccccc1CNC(=O)[C@H](C)OC(=O)c1csc2c1CCCC2. The average Bonchev–Trinajstić information content (AvgIpc) is 3.10. The molecule has 1 aliphatic carbocycles. The molecule has 1 aromatic carbocycles. The average molecular weight is 373 g/mol. The number of methoxy groups -OCH3 is 1. The van der Waals surface area contributed by atoms with E-state index in [-0.39, 0.29) is 5.91 Å². The second-order valence-corrected chi connectivity index (χ2v) is 7.30. The van der Waals surface area contributed by atoms with Gasteiger partial charge in [0.25, 0.3) is 5.91 Å². The molecule has 2 aromatic rings. The summed E-state index contributed by atoms with van der Waals surface area (Å²) >= 11 is 1.61. The van der Waals surface area contributed by atoms with Crippen molar-refractivity contribution >= 4 is 23.2 Å². The van der Waals surface area contributed by atoms with Crippen LogP contribution in [-0.2, 0) is 28.9 Å². The zero-order valence-corrected chi connectivity index (χ0v) is 15.9. The van der Waals surface area contributed by atoms with Crippen LogP contribution >= 0.6 is 11.3 Å². The van der Waals surface area contributed by atoms with Crippen LogP contribution in [-0.4, -0.2) is 25.1 Å². The molecule has 0 saturated heterocycles. The lowest BCUT2D eigenvalue weighted by atomic mass is 9.96. The maximum Gasteiger partial charge on any atom is 0.340 e. The van der Waals surface area contributed by atoms with E-state index in [0.29, 0.717) is 17.9 Å². The van der Waals surface area contributed by atoms with E-state index in [1.54, 1.807) is 25.4 Å². The summed E-state index contributed by atoms with van der Waals surface area (Å²) in [5.41, 5.74) is 2.59. The lowest BCUT2D eigenvalue weighted by molar-refractivity contribution is -0.129. The van der Waals surface area contributed by atoms with Crippen molar-refractivity contribution in [3.63, 3.8) is 0 Å². The van der Waals surface area contributed by atoms with Gasteiger partial charge in [0.2, 0.25) is 0 Å². The molecule has 6 heteroatoms. The van der Waals surface area contributed by atoms with Crippen LogP contribution in [0.15, 0.2) is 29.6 Å². The molecule has 0 radical (unpaired) electrons. The molecule has 0 unspecified atom stereocenters. The molecule has 138 valence electrons. The molecule has 0 fully saturated rings. The van der Waals surface area contributed by atoms with Crippen molar-refractivity contribution in [3.8, 4) is 5.75 Å². The van der Waals surface area contributed by atoms with Crippen molar-refractivity contribution in [2.45, 2.75) is 45.3 Å². The molecule has 5 nitrogen and oxygen atoms in total. The van der Waals surface area contributed by atoms with E-state index < -0.39 is 12.1 Å². The fourth-order valence-electron chi connectivity index (χ4n) is 3.12. The van der Waals surface area contributed by atoms with Crippen molar-refractivity contribution in [2.24, 2.45) is 0 Å². The fourth-order valence-corrected chi connectivity index (χ4v) is 4.23. The third-order valence-corrected chi connectivity index (χ3v) is 5.67. The summed E-state index contributed by atoms with van der Waals surface area (Å²) in [5.74, 6) is -0.0277. The zero-order valence-electron chi connectivity index (χ0n) is 15.0. The Balaban J connectivity index is 1.57. The first-order valence-corrected chi connectivity index (χ1v) is 9.68. The van der Waals surface area contributed by atoms with Crippen LogP contribution in [0, 0.1) is 0 Å². The highest BCUT2D eigenvalue weighted by Crippen LogP contribution is 2.30. The molecule has 0 bridgehead atoms. The smallest absolute Gasteiger partial charge is 0.340 e. The van der Waals surface area contributed by atoms with Gasteiger partial charge in [0.05, 0.1) is 12.7 Å². The van der Waals surface area contributed by atoms with Crippen molar-refractivity contribution in [3.05, 3.63) is 51.2 Å². The number of nitrogens with one attached hydrogen (secondary N) is 1. The summed E-state index contributed by atoms with van der Waals surface area (Å²) in [4.78, 5) is 26.0. The summed E-state index contributed by atoms with van der Waals surface area (Å²) in [6.45, 7) is 1.91. The van der Waals surface area contributed by atoms with Crippen molar-refractivity contribution in [2.75, 3.05) is 7.11 Å². The lowest BCUT2D eigenvalue weighted by Gasteiger charge is -2.16. The van der Waals surface area contributed by atoms with Crippen LogP contribution in [0.2, 0.25) is 0 Å². The Labute approximate surface area is 157 Å². The minimum absolute atomic E-state index is 0.318. The van der Waals surface area contributed by atoms with Crippen molar-refractivity contribution in [1.82, 2.24) is 5.32 Å². The van der Waals surface area contributed by atoms with Gasteiger partial charge < -0.3 is 14.8 Å². The highest BCUT2D eigenvalue weighted by atomic mass is 32.1. The van der Waals surface area contributed by atoms with Crippen molar-refractivity contribution < 1.29 is 19.1 Å². The van der Waals surface area contributed by atoms with E-state index >= 15 is 0 Å². The minimum Gasteiger partial charge on any atom is -0.496 e. The molecule has 1 N–H and O–H groups in total. The van der Waals surface area contributed by atoms with Gasteiger partial charge in [0.1, 0.15) is 5.75 Å². The number of benzene rings is 1. The Hall–Kier alpha value is -2.34. The first-order valence-electron chi connectivity index (χ1n) is 8.80. The number of hydrogen-bond acceptors (Lipinski definition) is 5. The predicted octanol–water partition coefficient (Wildman–Crippen LogP) is 3.50. The third kappa shape index (κ3) is 4.07. The van der Waals surface area contributed by atoms with Crippen LogP contribution in [0.3, 0.4) is 0 Å². The van der Waals surface area contributed by atoms with Gasteiger partial charge in [-0.15, -0.1) is 11.3 Å². The number of ether oxygens (including phenoxy) is 2. The first kappa shape index (κ1) is 18.5. The maximum absolute atomic E-state index is 12.5. The van der Waals surface area contributed by atoms with Gasteiger partial charge in [-0.2, -0.15) is 0 Å². The molecular formula is C20H23NO4S. The van der Waals surface area contributed by atoms with Crippen LogP contribution in [0.5, 0.6) is 5.75 Å². The second-order valence-electron chi connectivity index (χ2n) is 6.34. The Morgan fingerprint density at radius 2 is 2.00 bits per heavy atom. The highest BCUT2D eigenvalue weighted by Gasteiger charge is 2.24. The van der Waals surface area contributed by atoms with Gasteiger partial charge in [-0.25, -0.2) is 4.79 Å². The van der Waals surface area contributed by atoms with E-state index in [1.807, 2.05) is 29.6 Å². The number of amides is 1. The van der Waals surface area contributed by atoms with Gasteiger partial charge in [-0.3, -0.25) is 4.79 Å². The topological polar surface area (TPSA) is 64.6 Å². The number of carbonyl (C=O) groups is 2. The van der Waals surface area contributed by atoms with Gasteiger partial charge in [-0.1, -0.05) is 18.2 Å². The Bertz CT molecular complexity index is 799. The van der Waals surface area contributed by atoms with E-state index in [1.165, 1.54) is 11.3 Å². The number of rotatable bonds is 6. The largest absolute Gasteiger partial charge is 0.496 e. The summed E-state index contributed by atoms with van der Waals surface area (Å²) < 4.78 is 10.7. The molecular weight excluding hydrogens is 350 g/mol. The molecule has 0 aliphatic heterocycles. The molecule has 0 spiro atoms. The third-order valence-electron chi connectivity index (χ3n) is 4.58. The predicted molar refractivity (Wildman–Crippen MR) is 101 cm³/mol. The zero-order chi connectivity index (χ0) is 18.5. The summed E-state index contributed by atoms with van der Waals surface area (Å²) in [7, 11) is 1.59. The molecule has 1 amide bonds. The Kier molecular flexibility index (Phi) is 5.93. The first-order chi connectivity index (χ1) is 12.6. The van der Waals surface area contributed by atoms with E-state index in [0.717, 1.165) is 30.4 Å². The number of fused-ring (bicyclic) bond motifs is 1. The monoisotopic (exact) mass is 373 g/mol. The van der Waals surface area contributed by atoms with Crippen LogP contribution in [0.25, 0.3) is 0 Å². The maximum atomic E-state index is 12.5. The number of hydrogen-bond donors (Lipinski definition) is 1. The van der Waals surface area contributed by atoms with Crippen LogP contribution in [0.4, 0.5) is 0 Å². The number of carbonyl (C=O) groups excluding carboxylic acids is 2. The van der Waals surface area contributed by atoms with Crippen LogP contribution < -0.4 is 10.1 Å². The quantitative estimate of drug-likeness (QED) is 0.787. The normalized spacial score (nSPS) is 14.2. The van der Waals surface area contributed by atoms with Crippen LogP contribution in [0.1, 0.15) is 46.1 Å². The summed E-state index contributed by atoms with van der Waals surface area (Å²) in [6.07, 6.45) is 3.36. The number of aryl methyl sites for hydroxylation is 1. The molecule has 1 aromatic heterocycles. The minimum atomic E-state index is -0.851. The van der Waals surface area contributed by atoms with Gasteiger partial charge in [0, 0.05) is 22.4 Å². The Morgan fingerprint density at radius 1 is 1.23 bits per heavy atom. The Morgan fingerprint density at radius 3 is 2.81 bits per heavy atom. The number of thiophene rings is 1. The molecule has 1 atom stereocenters. The molecule has 0 saturated carbocycles. The van der Waals surface area contributed by atoms with Crippen molar-refractivity contribution in [1.29, 1.82) is 0 Å². The second kappa shape index (κ2) is 8.36. The standard InChI is InChI=1S/C20H23NO4S/c1-13(19(22)21-11-14-7-3-5-9-17(14)24-2)25-20(23)16-12-26-18-10-6-4-8-15(16)18/h3,5,7,9,12-13H,4,6,8,10-11H2,1-2H3,(H,21,22)/t13-/m0/s1. The molecule has 26 heavy (non-hydrogen) atoms. The summed E-state index contributed by atoms with van der Waals surface area (Å²) in [5, 5.41) is 4.65. The number of esters is 1. The lowest BCUT2D eigenvalue weighted by Crippen LogP contribution is -2.35. The van der Waals surface area contributed by atoms with E-state index in [4.69, 9.17) is 9.47 Å². The van der Waals surface area contributed by atoms with E-state index in [2.05, 4.69) is 5.32 Å². The fraction of sp³-hybridized carbons (Fsp3) is 0.400. The summed E-state index contributed by atoms with van der Waals surface area (Å²) in [6, 6.07) is 7.47. The molecule has 3 rings (SSSR count). The highest BCUT2D eigenvalue weighted by molar-refractivity contribution is 7.10. The molecule has 1 aliphatic rings. The molecule has 1 heterocycles.